The van der Waals surface area contributed by atoms with Gasteiger partial charge in [-0.05, 0) is 25.3 Å². The third-order valence-electron chi connectivity index (χ3n) is 2.53. The molecular weight excluding hydrogens is 200 g/mol. The Bertz CT molecular complexity index is 264. The van der Waals surface area contributed by atoms with Crippen molar-refractivity contribution in [1.29, 1.82) is 0 Å². The maximum Gasteiger partial charge on any atom is 0.208 e. The molecule has 1 fully saturated rings. The Morgan fingerprint density at radius 3 is 2.79 bits per heavy atom. The average Bonchev–Trinajstić information content (AvgIpc) is 2.01. The summed E-state index contributed by atoms with van der Waals surface area (Å²) >= 11 is 0. The molecule has 1 aliphatic heterocycles. The molecule has 14 heavy (non-hydrogen) atoms. The normalized spacial score (nSPS) is 25.1. The highest BCUT2D eigenvalue weighted by molar-refractivity contribution is 7.88. The van der Waals surface area contributed by atoms with Crippen LogP contribution in [0.5, 0.6) is 0 Å². The van der Waals surface area contributed by atoms with E-state index in [4.69, 9.17) is 0 Å². The molecule has 0 aromatic carbocycles. The number of hydrogen-bond acceptors (Lipinski definition) is 3. The lowest BCUT2D eigenvalue weighted by Gasteiger charge is -2.30. The zero-order chi connectivity index (χ0) is 10.6. The van der Waals surface area contributed by atoms with Crippen LogP contribution in [0.25, 0.3) is 0 Å². The molecule has 0 aromatic heterocycles. The predicted molar refractivity (Wildman–Crippen MR) is 57.7 cm³/mol. The molecule has 1 aliphatic rings. The van der Waals surface area contributed by atoms with Gasteiger partial charge in [-0.3, -0.25) is 0 Å². The number of nitrogens with zero attached hydrogens (tertiary/aromatic N) is 1. The van der Waals surface area contributed by atoms with Crippen molar-refractivity contribution in [3.05, 3.63) is 0 Å². The quantitative estimate of drug-likeness (QED) is 0.740. The number of nitrogens with one attached hydrogen (secondary N) is 1. The summed E-state index contributed by atoms with van der Waals surface area (Å²) in [5, 5.41) is 0. The van der Waals surface area contributed by atoms with Gasteiger partial charge in [-0.2, -0.15) is 0 Å². The van der Waals surface area contributed by atoms with Crippen molar-refractivity contribution in [3.63, 3.8) is 0 Å². The van der Waals surface area contributed by atoms with E-state index in [0.29, 0.717) is 6.54 Å². The lowest BCUT2D eigenvalue weighted by atomic mass is 10.0. The largest absolute Gasteiger partial charge is 0.302 e. The molecule has 1 atom stereocenters. The summed E-state index contributed by atoms with van der Waals surface area (Å²) in [5.74, 6) is 0.752. The highest BCUT2D eigenvalue weighted by atomic mass is 32.2. The van der Waals surface area contributed by atoms with Crippen LogP contribution in [0.3, 0.4) is 0 Å². The van der Waals surface area contributed by atoms with Crippen LogP contribution in [-0.4, -0.2) is 45.8 Å². The fourth-order valence-corrected chi connectivity index (χ4v) is 2.34. The maximum absolute atomic E-state index is 10.8. The van der Waals surface area contributed by atoms with E-state index in [0.717, 1.165) is 25.6 Å². The Morgan fingerprint density at radius 1 is 1.50 bits per heavy atom. The lowest BCUT2D eigenvalue weighted by Crippen LogP contribution is -2.39. The molecule has 1 N–H and O–H groups in total. The summed E-state index contributed by atoms with van der Waals surface area (Å²) in [5.41, 5.74) is 0. The number of rotatable bonds is 4. The van der Waals surface area contributed by atoms with Crippen molar-refractivity contribution in [2.45, 2.75) is 19.8 Å². The molecule has 0 radical (unpaired) electrons. The Morgan fingerprint density at radius 2 is 2.21 bits per heavy atom. The smallest absolute Gasteiger partial charge is 0.208 e. The second-order valence-corrected chi connectivity index (χ2v) is 6.05. The Hall–Kier alpha value is -0.130. The van der Waals surface area contributed by atoms with Crippen molar-refractivity contribution in [3.8, 4) is 0 Å². The fraction of sp³-hybridized carbons (Fsp3) is 1.00. The van der Waals surface area contributed by atoms with Crippen LogP contribution >= 0.6 is 0 Å². The van der Waals surface area contributed by atoms with Crippen LogP contribution < -0.4 is 4.72 Å². The molecule has 1 heterocycles. The van der Waals surface area contributed by atoms with E-state index in [-0.39, 0.29) is 0 Å². The minimum atomic E-state index is -3.02. The second-order valence-electron chi connectivity index (χ2n) is 4.21. The number of piperidine rings is 1. The van der Waals surface area contributed by atoms with Gasteiger partial charge in [0.05, 0.1) is 6.26 Å². The van der Waals surface area contributed by atoms with Gasteiger partial charge >= 0.3 is 0 Å². The Balaban J connectivity index is 2.18. The first kappa shape index (κ1) is 11.9. The molecule has 0 amide bonds. The molecule has 0 aromatic rings. The van der Waals surface area contributed by atoms with E-state index in [2.05, 4.69) is 16.5 Å². The summed E-state index contributed by atoms with van der Waals surface area (Å²) in [4.78, 5) is 2.33. The number of likely N-dealkylation sites (tertiary alicyclic amines) is 1. The minimum Gasteiger partial charge on any atom is -0.302 e. The van der Waals surface area contributed by atoms with E-state index < -0.39 is 10.0 Å². The summed E-state index contributed by atoms with van der Waals surface area (Å²) < 4.78 is 24.1. The molecule has 0 aliphatic carbocycles. The Labute approximate surface area is 86.7 Å². The van der Waals surface area contributed by atoms with Gasteiger partial charge in [0.1, 0.15) is 0 Å². The highest BCUT2D eigenvalue weighted by Crippen LogP contribution is 2.14. The van der Waals surface area contributed by atoms with Crippen LogP contribution in [-0.2, 0) is 10.0 Å². The lowest BCUT2D eigenvalue weighted by molar-refractivity contribution is 0.187. The number of sulfonamides is 1. The molecule has 4 nitrogen and oxygen atoms in total. The van der Waals surface area contributed by atoms with Gasteiger partial charge in [-0.25, -0.2) is 13.1 Å². The van der Waals surface area contributed by atoms with Gasteiger partial charge < -0.3 is 4.90 Å². The molecule has 1 unspecified atom stereocenters. The van der Waals surface area contributed by atoms with Crippen molar-refractivity contribution in [2.24, 2.45) is 5.92 Å². The van der Waals surface area contributed by atoms with Gasteiger partial charge in [0.2, 0.25) is 10.0 Å². The molecular formula is C9H20N2O2S. The van der Waals surface area contributed by atoms with E-state index in [1.54, 1.807) is 0 Å². The molecule has 0 spiro atoms. The SMILES string of the molecule is CC1CCCN(CCNS(C)(=O)=O)C1. The van der Waals surface area contributed by atoms with Crippen LogP contribution in [0, 0.1) is 5.92 Å². The topological polar surface area (TPSA) is 49.4 Å². The standard InChI is InChI=1S/C9H20N2O2S/c1-9-4-3-6-11(8-9)7-5-10-14(2,12)13/h9-10H,3-8H2,1-2H3. The second kappa shape index (κ2) is 5.09. The van der Waals surface area contributed by atoms with Crippen LogP contribution in [0.2, 0.25) is 0 Å². The zero-order valence-corrected chi connectivity index (χ0v) is 9.81. The van der Waals surface area contributed by atoms with Crippen molar-refractivity contribution in [2.75, 3.05) is 32.4 Å². The van der Waals surface area contributed by atoms with E-state index in [1.807, 2.05) is 0 Å². The summed E-state index contributed by atoms with van der Waals surface area (Å²) in [7, 11) is -3.02. The third-order valence-corrected chi connectivity index (χ3v) is 3.26. The molecule has 0 bridgehead atoms. The Kier molecular flexibility index (Phi) is 4.34. The summed E-state index contributed by atoms with van der Waals surface area (Å²) in [6, 6.07) is 0. The predicted octanol–water partition coefficient (Wildman–Crippen LogP) is 0.268. The third kappa shape index (κ3) is 4.93. The van der Waals surface area contributed by atoms with Crippen LogP contribution in [0.4, 0.5) is 0 Å². The highest BCUT2D eigenvalue weighted by Gasteiger charge is 2.15. The fourth-order valence-electron chi connectivity index (χ4n) is 1.88. The first-order chi connectivity index (χ1) is 6.47. The van der Waals surface area contributed by atoms with Gasteiger partial charge in [-0.15, -0.1) is 0 Å². The van der Waals surface area contributed by atoms with E-state index in [1.165, 1.54) is 19.1 Å². The van der Waals surface area contributed by atoms with E-state index in [9.17, 15) is 8.42 Å². The minimum absolute atomic E-state index is 0.533. The first-order valence-electron chi connectivity index (χ1n) is 5.14. The number of hydrogen-bond donors (Lipinski definition) is 1. The molecule has 1 rings (SSSR count). The van der Waals surface area contributed by atoms with Crippen molar-refractivity contribution < 1.29 is 8.42 Å². The average molecular weight is 220 g/mol. The summed E-state index contributed by atoms with van der Waals surface area (Å²) in [6.45, 7) is 5.82. The van der Waals surface area contributed by atoms with Gasteiger partial charge in [0.15, 0.2) is 0 Å². The first-order valence-corrected chi connectivity index (χ1v) is 7.03. The van der Waals surface area contributed by atoms with Crippen LogP contribution in [0.1, 0.15) is 19.8 Å². The molecule has 84 valence electrons. The van der Waals surface area contributed by atoms with E-state index >= 15 is 0 Å². The molecule has 1 saturated heterocycles. The van der Waals surface area contributed by atoms with Crippen molar-refractivity contribution in [1.82, 2.24) is 9.62 Å². The van der Waals surface area contributed by atoms with Crippen LogP contribution in [0.15, 0.2) is 0 Å². The van der Waals surface area contributed by atoms with Crippen molar-refractivity contribution >= 4 is 10.0 Å². The molecule has 5 heteroatoms. The van der Waals surface area contributed by atoms with Gasteiger partial charge in [0, 0.05) is 19.6 Å². The van der Waals surface area contributed by atoms with Gasteiger partial charge in [-0.1, -0.05) is 6.92 Å². The zero-order valence-electron chi connectivity index (χ0n) is 8.99. The summed E-state index contributed by atoms with van der Waals surface area (Å²) in [6.07, 6.45) is 3.74. The van der Waals surface area contributed by atoms with Gasteiger partial charge in [0.25, 0.3) is 0 Å². The molecule has 0 saturated carbocycles. The maximum atomic E-state index is 10.8. The monoisotopic (exact) mass is 220 g/mol.